The van der Waals surface area contributed by atoms with Crippen molar-refractivity contribution in [3.63, 3.8) is 0 Å². The Balaban J connectivity index is 1.69. The first kappa shape index (κ1) is 14.8. The van der Waals surface area contributed by atoms with Gasteiger partial charge in [0.25, 0.3) is 0 Å². The minimum atomic E-state index is 0.266. The van der Waals surface area contributed by atoms with Crippen LogP contribution in [0, 0.1) is 0 Å². The molecule has 118 valence electrons. The zero-order valence-electron chi connectivity index (χ0n) is 13.1. The number of rotatable bonds is 4. The van der Waals surface area contributed by atoms with E-state index in [-0.39, 0.29) is 5.25 Å². The number of aromatic nitrogens is 5. The number of fused-ring (bicyclic) bond motifs is 1. The van der Waals surface area contributed by atoms with E-state index in [1.807, 2.05) is 42.5 Å². The summed E-state index contributed by atoms with van der Waals surface area (Å²) in [5.41, 5.74) is 3.82. The Labute approximate surface area is 143 Å². The molecule has 0 saturated heterocycles. The molecule has 5 nitrogen and oxygen atoms in total. The molecule has 0 amide bonds. The molecule has 1 aromatic carbocycles. The summed E-state index contributed by atoms with van der Waals surface area (Å²) >= 11 is 1.65. The van der Waals surface area contributed by atoms with Gasteiger partial charge in [-0.25, -0.2) is 0 Å². The van der Waals surface area contributed by atoms with Crippen molar-refractivity contribution in [3.05, 3.63) is 72.6 Å². The number of hydrogen-bond donors (Lipinski definition) is 0. The van der Waals surface area contributed by atoms with Gasteiger partial charge in [0.15, 0.2) is 5.65 Å². The molecule has 4 rings (SSSR count). The Morgan fingerprint density at radius 2 is 1.83 bits per heavy atom. The smallest absolute Gasteiger partial charge is 0.212 e. The van der Waals surface area contributed by atoms with E-state index in [2.05, 4.69) is 39.3 Å². The first-order valence-electron chi connectivity index (χ1n) is 7.66. The largest absolute Gasteiger partial charge is 0.264 e. The predicted molar refractivity (Wildman–Crippen MR) is 94.7 cm³/mol. The monoisotopic (exact) mass is 333 g/mol. The van der Waals surface area contributed by atoms with Crippen LogP contribution in [0.25, 0.3) is 16.9 Å². The van der Waals surface area contributed by atoms with E-state index < -0.39 is 0 Å². The van der Waals surface area contributed by atoms with Crippen molar-refractivity contribution >= 4 is 17.4 Å². The van der Waals surface area contributed by atoms with E-state index in [1.165, 1.54) is 5.56 Å². The van der Waals surface area contributed by atoms with Crippen LogP contribution >= 0.6 is 11.8 Å². The van der Waals surface area contributed by atoms with Crippen LogP contribution in [-0.4, -0.2) is 24.8 Å². The second-order valence-corrected chi connectivity index (χ2v) is 6.69. The molecule has 1 unspecified atom stereocenters. The summed E-state index contributed by atoms with van der Waals surface area (Å²) in [6.45, 7) is 2.16. The Bertz CT molecular complexity index is 953. The lowest BCUT2D eigenvalue weighted by atomic mass is 10.2. The molecule has 0 saturated carbocycles. The SMILES string of the molecule is CC(Sc1nnc2ccc(-c3cccnc3)nn12)c1ccccc1. The van der Waals surface area contributed by atoms with Gasteiger partial charge in [-0.2, -0.15) is 9.61 Å². The summed E-state index contributed by atoms with van der Waals surface area (Å²) in [4.78, 5) is 4.15. The summed E-state index contributed by atoms with van der Waals surface area (Å²) in [7, 11) is 0. The molecule has 0 aliphatic heterocycles. The van der Waals surface area contributed by atoms with Crippen molar-refractivity contribution in [2.75, 3.05) is 0 Å². The molecule has 0 spiro atoms. The maximum atomic E-state index is 4.68. The van der Waals surface area contributed by atoms with Gasteiger partial charge >= 0.3 is 0 Å². The molecule has 3 heterocycles. The molecule has 3 aromatic heterocycles. The fraction of sp³-hybridized carbons (Fsp3) is 0.111. The van der Waals surface area contributed by atoms with Crippen LogP contribution < -0.4 is 0 Å². The van der Waals surface area contributed by atoms with E-state index in [4.69, 9.17) is 0 Å². The molecule has 0 fully saturated rings. The molecule has 0 aliphatic carbocycles. The van der Waals surface area contributed by atoms with Gasteiger partial charge in [0.1, 0.15) is 0 Å². The number of nitrogens with zero attached hydrogens (tertiary/aromatic N) is 5. The number of pyridine rings is 1. The van der Waals surface area contributed by atoms with Crippen LogP contribution in [0.4, 0.5) is 0 Å². The minimum absolute atomic E-state index is 0.266. The average Bonchev–Trinajstić information content (AvgIpc) is 3.05. The van der Waals surface area contributed by atoms with E-state index >= 15 is 0 Å². The van der Waals surface area contributed by atoms with Crippen molar-refractivity contribution in [2.24, 2.45) is 0 Å². The van der Waals surface area contributed by atoms with E-state index in [0.29, 0.717) is 0 Å². The first-order chi connectivity index (χ1) is 11.8. The maximum Gasteiger partial charge on any atom is 0.212 e. The van der Waals surface area contributed by atoms with Gasteiger partial charge in [-0.1, -0.05) is 42.1 Å². The van der Waals surface area contributed by atoms with E-state index in [9.17, 15) is 0 Å². The summed E-state index contributed by atoms with van der Waals surface area (Å²) in [5, 5.41) is 14.2. The minimum Gasteiger partial charge on any atom is -0.264 e. The fourth-order valence-electron chi connectivity index (χ4n) is 2.46. The highest BCUT2D eigenvalue weighted by Gasteiger charge is 2.14. The average molecular weight is 333 g/mol. The fourth-order valence-corrected chi connectivity index (χ4v) is 3.39. The topological polar surface area (TPSA) is 56.0 Å². The molecule has 1 atom stereocenters. The second-order valence-electron chi connectivity index (χ2n) is 5.38. The highest BCUT2D eigenvalue weighted by Crippen LogP contribution is 2.33. The zero-order valence-corrected chi connectivity index (χ0v) is 13.9. The summed E-state index contributed by atoms with van der Waals surface area (Å²) in [6, 6.07) is 18.1. The maximum absolute atomic E-state index is 4.68. The van der Waals surface area contributed by atoms with E-state index in [0.717, 1.165) is 22.1 Å². The second kappa shape index (κ2) is 6.41. The molecular weight excluding hydrogens is 318 g/mol. The van der Waals surface area contributed by atoms with Crippen LogP contribution in [0.1, 0.15) is 17.7 Å². The molecule has 4 aromatic rings. The Morgan fingerprint density at radius 1 is 0.958 bits per heavy atom. The predicted octanol–water partition coefficient (Wildman–Crippen LogP) is 4.04. The summed E-state index contributed by atoms with van der Waals surface area (Å²) in [5.74, 6) is 0. The van der Waals surface area contributed by atoms with Crippen molar-refractivity contribution in [3.8, 4) is 11.3 Å². The Kier molecular flexibility index (Phi) is 3.96. The molecule has 6 heteroatoms. The first-order valence-corrected chi connectivity index (χ1v) is 8.54. The quantitative estimate of drug-likeness (QED) is 0.528. The van der Waals surface area contributed by atoms with Crippen LogP contribution in [0.5, 0.6) is 0 Å². The molecular formula is C18H15N5S. The molecule has 0 bridgehead atoms. The van der Waals surface area contributed by atoms with Gasteiger partial charge in [-0.15, -0.1) is 10.2 Å². The highest BCUT2D eigenvalue weighted by atomic mass is 32.2. The lowest BCUT2D eigenvalue weighted by Crippen LogP contribution is -1.98. The van der Waals surface area contributed by atoms with Crippen molar-refractivity contribution < 1.29 is 0 Å². The van der Waals surface area contributed by atoms with Gasteiger partial charge in [0.05, 0.1) is 5.69 Å². The van der Waals surface area contributed by atoms with Crippen LogP contribution in [0.15, 0.2) is 72.1 Å². The molecule has 0 radical (unpaired) electrons. The third kappa shape index (κ3) is 2.88. The number of thioether (sulfide) groups is 1. The van der Waals surface area contributed by atoms with Crippen LogP contribution in [0.2, 0.25) is 0 Å². The van der Waals surface area contributed by atoms with Gasteiger partial charge in [-0.3, -0.25) is 4.98 Å². The van der Waals surface area contributed by atoms with Crippen LogP contribution in [-0.2, 0) is 0 Å². The summed E-state index contributed by atoms with van der Waals surface area (Å²) < 4.78 is 1.80. The Morgan fingerprint density at radius 3 is 2.62 bits per heavy atom. The number of benzene rings is 1. The van der Waals surface area contributed by atoms with Crippen LogP contribution in [0.3, 0.4) is 0 Å². The highest BCUT2D eigenvalue weighted by molar-refractivity contribution is 7.99. The molecule has 0 N–H and O–H groups in total. The molecule has 24 heavy (non-hydrogen) atoms. The summed E-state index contributed by atoms with van der Waals surface area (Å²) in [6.07, 6.45) is 3.56. The third-order valence-electron chi connectivity index (χ3n) is 3.74. The van der Waals surface area contributed by atoms with E-state index in [1.54, 1.807) is 28.7 Å². The van der Waals surface area contributed by atoms with Crippen molar-refractivity contribution in [1.82, 2.24) is 24.8 Å². The lowest BCUT2D eigenvalue weighted by Gasteiger charge is -2.09. The third-order valence-corrected chi connectivity index (χ3v) is 4.83. The van der Waals surface area contributed by atoms with Gasteiger partial charge < -0.3 is 0 Å². The zero-order chi connectivity index (χ0) is 16.4. The molecule has 0 aliphatic rings. The normalized spacial score (nSPS) is 12.4. The number of hydrogen-bond acceptors (Lipinski definition) is 5. The Hall–Kier alpha value is -2.73. The van der Waals surface area contributed by atoms with Crippen molar-refractivity contribution in [1.29, 1.82) is 0 Å². The van der Waals surface area contributed by atoms with Gasteiger partial charge in [0.2, 0.25) is 5.16 Å². The lowest BCUT2D eigenvalue weighted by molar-refractivity contribution is 0.808. The van der Waals surface area contributed by atoms with Gasteiger partial charge in [-0.05, 0) is 36.8 Å². The van der Waals surface area contributed by atoms with Crippen molar-refractivity contribution in [2.45, 2.75) is 17.3 Å². The van der Waals surface area contributed by atoms with Gasteiger partial charge in [0, 0.05) is 23.2 Å². The standard InChI is InChI=1S/C18H15N5S/c1-13(14-6-3-2-4-7-14)24-18-21-20-17-10-9-16(22-23(17)18)15-8-5-11-19-12-15/h2-13H,1H3.